The van der Waals surface area contributed by atoms with Gasteiger partial charge in [0, 0.05) is 0 Å². The van der Waals surface area contributed by atoms with Gasteiger partial charge in [-0.3, -0.25) is 0 Å². The van der Waals surface area contributed by atoms with Crippen molar-refractivity contribution in [2.45, 2.75) is 24.3 Å². The lowest BCUT2D eigenvalue weighted by Crippen LogP contribution is -2.11. The first-order valence-corrected chi connectivity index (χ1v) is 7.38. The van der Waals surface area contributed by atoms with Crippen molar-refractivity contribution < 1.29 is 0 Å². The van der Waals surface area contributed by atoms with Gasteiger partial charge in [-0.15, -0.1) is 11.6 Å². The number of allylic oxidation sites excluding steroid dienone is 1. The smallest absolute Gasteiger partial charge is 0.137 e. The molecule has 1 fully saturated rings. The Balaban J connectivity index is 1.92. The zero-order valence-electron chi connectivity index (χ0n) is 10.6. The number of halogens is 3. The van der Waals surface area contributed by atoms with Crippen LogP contribution in [0.3, 0.4) is 0 Å². The predicted molar refractivity (Wildman–Crippen MR) is 82.3 cm³/mol. The molecule has 0 amide bonds. The molecule has 0 bridgehead atoms. The summed E-state index contributed by atoms with van der Waals surface area (Å²) >= 11 is 18.5. The molecule has 0 atom stereocenters. The maximum Gasteiger partial charge on any atom is 0.137 e. The number of nitrogens with zero attached hydrogens (tertiary/aromatic N) is 3. The zero-order valence-corrected chi connectivity index (χ0v) is 12.8. The molecule has 0 saturated heterocycles. The quantitative estimate of drug-likeness (QED) is 0.777. The Morgan fingerprint density at radius 2 is 2.10 bits per heavy atom. The normalized spacial score (nSPS) is 17.2. The molecule has 2 aromatic rings. The van der Waals surface area contributed by atoms with E-state index >= 15 is 0 Å². The SMILES string of the molecule is Clc1ccc(C=C(Cn2cncn2)C2(Cl)CC2)cc1Cl. The van der Waals surface area contributed by atoms with Crippen molar-refractivity contribution in [2.24, 2.45) is 0 Å². The number of alkyl halides is 1. The highest BCUT2D eigenvalue weighted by Gasteiger charge is 2.44. The second-order valence-corrected chi connectivity index (χ2v) is 6.44. The summed E-state index contributed by atoms with van der Waals surface area (Å²) in [5.74, 6) is 0. The van der Waals surface area contributed by atoms with E-state index in [0.717, 1.165) is 24.0 Å². The van der Waals surface area contributed by atoms with E-state index in [4.69, 9.17) is 34.8 Å². The molecule has 1 aliphatic rings. The van der Waals surface area contributed by atoms with Crippen LogP contribution in [-0.2, 0) is 6.54 Å². The van der Waals surface area contributed by atoms with Gasteiger partial charge in [-0.1, -0.05) is 35.3 Å². The average Bonchev–Trinajstić information content (AvgIpc) is 2.97. The number of hydrogen-bond donors (Lipinski definition) is 0. The van der Waals surface area contributed by atoms with Crippen LogP contribution in [0.25, 0.3) is 6.08 Å². The van der Waals surface area contributed by atoms with Gasteiger partial charge < -0.3 is 0 Å². The maximum absolute atomic E-state index is 6.56. The topological polar surface area (TPSA) is 30.7 Å². The molecule has 1 heterocycles. The first-order chi connectivity index (χ1) is 9.57. The highest BCUT2D eigenvalue weighted by molar-refractivity contribution is 6.42. The summed E-state index contributed by atoms with van der Waals surface area (Å²) in [4.78, 5) is 3.70. The van der Waals surface area contributed by atoms with Gasteiger partial charge in [-0.25, -0.2) is 9.67 Å². The summed E-state index contributed by atoms with van der Waals surface area (Å²) in [6, 6.07) is 5.56. The number of benzene rings is 1. The molecule has 0 unspecified atom stereocenters. The monoisotopic (exact) mass is 327 g/mol. The summed E-state index contributed by atoms with van der Waals surface area (Å²) in [7, 11) is 0. The van der Waals surface area contributed by atoms with Crippen LogP contribution in [0.2, 0.25) is 10.0 Å². The third-order valence-electron chi connectivity index (χ3n) is 3.35. The Hall–Kier alpha value is -1.03. The van der Waals surface area contributed by atoms with Crippen LogP contribution < -0.4 is 0 Å². The van der Waals surface area contributed by atoms with E-state index in [2.05, 4.69) is 16.2 Å². The van der Waals surface area contributed by atoms with Crippen molar-refractivity contribution in [3.05, 3.63) is 52.0 Å². The molecule has 1 aliphatic carbocycles. The molecular weight excluding hydrogens is 317 g/mol. The molecule has 3 rings (SSSR count). The lowest BCUT2D eigenvalue weighted by Gasteiger charge is -2.13. The van der Waals surface area contributed by atoms with Gasteiger partial charge in [0.15, 0.2) is 0 Å². The van der Waals surface area contributed by atoms with Gasteiger partial charge in [-0.2, -0.15) is 5.10 Å². The Kier molecular flexibility index (Phi) is 3.76. The van der Waals surface area contributed by atoms with Crippen LogP contribution in [0, 0.1) is 0 Å². The third-order valence-corrected chi connectivity index (χ3v) is 4.71. The van der Waals surface area contributed by atoms with Crippen molar-refractivity contribution in [3.8, 4) is 0 Å². The predicted octanol–water partition coefficient (Wildman–Crippen LogP) is 4.44. The highest BCUT2D eigenvalue weighted by atomic mass is 35.5. The number of hydrogen-bond acceptors (Lipinski definition) is 2. The molecular formula is C14H12Cl3N3. The van der Waals surface area contributed by atoms with Gasteiger partial charge in [0.1, 0.15) is 12.7 Å². The van der Waals surface area contributed by atoms with Crippen LogP contribution in [0.4, 0.5) is 0 Å². The van der Waals surface area contributed by atoms with Crippen LogP contribution >= 0.6 is 34.8 Å². The fourth-order valence-electron chi connectivity index (χ4n) is 2.04. The highest BCUT2D eigenvalue weighted by Crippen LogP contribution is 2.49. The fraction of sp³-hybridized carbons (Fsp3) is 0.286. The fourth-order valence-corrected chi connectivity index (χ4v) is 2.56. The van der Waals surface area contributed by atoms with E-state index in [1.54, 1.807) is 17.1 Å². The molecule has 3 nitrogen and oxygen atoms in total. The van der Waals surface area contributed by atoms with Gasteiger partial charge in [-0.05, 0) is 36.1 Å². The molecule has 20 heavy (non-hydrogen) atoms. The van der Waals surface area contributed by atoms with Crippen LogP contribution in [0.15, 0.2) is 36.4 Å². The molecule has 1 aromatic carbocycles. The van der Waals surface area contributed by atoms with E-state index in [1.165, 1.54) is 6.33 Å². The second-order valence-electron chi connectivity index (χ2n) is 4.90. The van der Waals surface area contributed by atoms with Crippen molar-refractivity contribution in [1.29, 1.82) is 0 Å². The summed E-state index contributed by atoms with van der Waals surface area (Å²) in [6.45, 7) is 0.629. The van der Waals surface area contributed by atoms with Gasteiger partial charge >= 0.3 is 0 Å². The number of rotatable bonds is 4. The molecule has 0 spiro atoms. The van der Waals surface area contributed by atoms with Gasteiger partial charge in [0.2, 0.25) is 0 Å². The Labute approximate surface area is 132 Å². The first kappa shape index (κ1) is 13.9. The molecule has 0 N–H and O–H groups in total. The third kappa shape index (κ3) is 3.00. The molecule has 1 aromatic heterocycles. The largest absolute Gasteiger partial charge is 0.249 e. The van der Waals surface area contributed by atoms with Crippen molar-refractivity contribution in [1.82, 2.24) is 14.8 Å². The lowest BCUT2D eigenvalue weighted by molar-refractivity contribution is 0.658. The van der Waals surface area contributed by atoms with Gasteiger partial charge in [0.05, 0.1) is 21.5 Å². The first-order valence-electron chi connectivity index (χ1n) is 6.24. The zero-order chi connectivity index (χ0) is 14.2. The molecule has 104 valence electrons. The summed E-state index contributed by atoms with van der Waals surface area (Å²) < 4.78 is 1.77. The van der Waals surface area contributed by atoms with Crippen LogP contribution in [-0.4, -0.2) is 19.6 Å². The number of aromatic nitrogens is 3. The average molecular weight is 329 g/mol. The van der Waals surface area contributed by atoms with E-state index in [-0.39, 0.29) is 4.87 Å². The van der Waals surface area contributed by atoms with E-state index < -0.39 is 0 Å². The molecule has 0 aliphatic heterocycles. The van der Waals surface area contributed by atoms with E-state index in [0.29, 0.717) is 16.6 Å². The maximum atomic E-state index is 6.56. The Bertz CT molecular complexity index is 646. The van der Waals surface area contributed by atoms with Crippen molar-refractivity contribution in [2.75, 3.05) is 0 Å². The van der Waals surface area contributed by atoms with E-state index in [1.807, 2.05) is 12.1 Å². The van der Waals surface area contributed by atoms with E-state index in [9.17, 15) is 0 Å². The standard InChI is InChI=1S/C14H12Cl3N3/c15-12-2-1-10(6-13(12)16)5-11(14(17)3-4-14)7-20-9-18-8-19-20/h1-2,5-6,8-9H,3-4,7H2. The minimum atomic E-state index is -0.252. The molecule has 6 heteroatoms. The minimum absolute atomic E-state index is 0.252. The molecule has 0 radical (unpaired) electrons. The second kappa shape index (κ2) is 5.40. The minimum Gasteiger partial charge on any atom is -0.249 e. The van der Waals surface area contributed by atoms with Crippen LogP contribution in [0.5, 0.6) is 0 Å². The summed E-state index contributed by atoms with van der Waals surface area (Å²) in [5.41, 5.74) is 2.10. The summed E-state index contributed by atoms with van der Waals surface area (Å²) in [5, 5.41) is 5.22. The summed E-state index contributed by atoms with van der Waals surface area (Å²) in [6.07, 6.45) is 7.23. The Morgan fingerprint density at radius 1 is 1.30 bits per heavy atom. The van der Waals surface area contributed by atoms with Crippen molar-refractivity contribution >= 4 is 40.9 Å². The Morgan fingerprint density at radius 3 is 2.70 bits per heavy atom. The lowest BCUT2D eigenvalue weighted by atomic mass is 10.1. The van der Waals surface area contributed by atoms with Crippen LogP contribution in [0.1, 0.15) is 18.4 Å². The van der Waals surface area contributed by atoms with Gasteiger partial charge in [0.25, 0.3) is 0 Å². The van der Waals surface area contributed by atoms with Crippen molar-refractivity contribution in [3.63, 3.8) is 0 Å². The molecule has 1 saturated carbocycles.